The van der Waals surface area contributed by atoms with Crippen molar-refractivity contribution in [3.8, 4) is 5.75 Å². The van der Waals surface area contributed by atoms with Crippen molar-refractivity contribution in [1.29, 1.82) is 0 Å². The van der Waals surface area contributed by atoms with Gasteiger partial charge in [0.15, 0.2) is 6.61 Å². The predicted molar refractivity (Wildman–Crippen MR) is 105 cm³/mol. The molecule has 3 aromatic carbocycles. The van der Waals surface area contributed by atoms with E-state index in [1.807, 2.05) is 35.8 Å². The Morgan fingerprint density at radius 2 is 1.47 bits per heavy atom. The van der Waals surface area contributed by atoms with Gasteiger partial charge in [-0.15, -0.1) is 0 Å². The van der Waals surface area contributed by atoms with Gasteiger partial charge in [0.1, 0.15) is 5.75 Å². The van der Waals surface area contributed by atoms with Crippen LogP contribution in [0.1, 0.15) is 10.4 Å². The van der Waals surface area contributed by atoms with E-state index in [1.165, 1.54) is 0 Å². The molecule has 0 radical (unpaired) electrons. The lowest BCUT2D eigenvalue weighted by Crippen LogP contribution is -2.43. The van der Waals surface area contributed by atoms with Crippen molar-refractivity contribution in [2.75, 3.05) is 6.61 Å². The lowest BCUT2D eigenvalue weighted by atomic mass is 10.1. The number of hydrazine groups is 1. The first-order chi connectivity index (χ1) is 14.3. The first-order valence-corrected chi connectivity index (χ1v) is 8.48. The van der Waals surface area contributed by atoms with Gasteiger partial charge in [0.2, 0.25) is 0 Å². The molecule has 0 spiro atoms. The SMILES string of the molecule is O=C(COc1ccc2ccccc2c1)NNC(=O)c1cc([N+](=O)[O-])cc([N+](=O)[O-])c1. The Kier molecular flexibility index (Phi) is 5.82. The minimum absolute atomic E-state index is 0.355. The number of nitrogens with one attached hydrogen (secondary N) is 2. The number of carbonyl (C=O) groups is 2. The third kappa shape index (κ3) is 4.84. The van der Waals surface area contributed by atoms with Crippen LogP contribution in [0.4, 0.5) is 11.4 Å². The summed E-state index contributed by atoms with van der Waals surface area (Å²) in [6.07, 6.45) is 0. The fraction of sp³-hybridized carbons (Fsp3) is 0.0526. The largest absolute Gasteiger partial charge is 0.484 e. The second-order valence-corrected chi connectivity index (χ2v) is 6.05. The Labute approximate surface area is 168 Å². The molecule has 0 aliphatic heterocycles. The molecule has 152 valence electrons. The molecule has 0 heterocycles. The smallest absolute Gasteiger partial charge is 0.277 e. The highest BCUT2D eigenvalue weighted by Crippen LogP contribution is 2.23. The molecule has 2 amide bonds. The Balaban J connectivity index is 1.59. The molecule has 11 heteroatoms. The van der Waals surface area contributed by atoms with E-state index in [4.69, 9.17) is 4.74 Å². The number of nitro groups is 2. The van der Waals surface area contributed by atoms with Gasteiger partial charge in [-0.3, -0.25) is 40.7 Å². The maximum absolute atomic E-state index is 12.1. The van der Waals surface area contributed by atoms with Crippen LogP contribution in [0.3, 0.4) is 0 Å². The van der Waals surface area contributed by atoms with Gasteiger partial charge in [-0.1, -0.05) is 30.3 Å². The number of fused-ring (bicyclic) bond motifs is 1. The van der Waals surface area contributed by atoms with Crippen LogP contribution in [0.5, 0.6) is 5.75 Å². The van der Waals surface area contributed by atoms with Crippen molar-refractivity contribution in [2.45, 2.75) is 0 Å². The highest BCUT2D eigenvalue weighted by atomic mass is 16.6. The zero-order chi connectivity index (χ0) is 21.7. The van der Waals surface area contributed by atoms with Crippen LogP contribution in [0.15, 0.2) is 60.7 Å². The molecule has 2 N–H and O–H groups in total. The zero-order valence-corrected chi connectivity index (χ0v) is 15.2. The number of nitrogens with zero attached hydrogens (tertiary/aromatic N) is 2. The maximum Gasteiger partial charge on any atom is 0.277 e. The third-order valence-electron chi connectivity index (χ3n) is 3.99. The summed E-state index contributed by atoms with van der Waals surface area (Å²) >= 11 is 0. The highest BCUT2D eigenvalue weighted by molar-refractivity contribution is 5.96. The molecule has 0 saturated carbocycles. The second kappa shape index (κ2) is 8.65. The van der Waals surface area contributed by atoms with Gasteiger partial charge >= 0.3 is 0 Å². The third-order valence-corrected chi connectivity index (χ3v) is 3.99. The van der Waals surface area contributed by atoms with Crippen molar-refractivity contribution in [3.05, 3.63) is 86.5 Å². The Morgan fingerprint density at radius 1 is 0.833 bits per heavy atom. The van der Waals surface area contributed by atoms with Crippen LogP contribution >= 0.6 is 0 Å². The molecule has 0 fully saturated rings. The summed E-state index contributed by atoms with van der Waals surface area (Å²) in [4.78, 5) is 44.1. The highest BCUT2D eigenvalue weighted by Gasteiger charge is 2.20. The minimum Gasteiger partial charge on any atom is -0.484 e. The van der Waals surface area contributed by atoms with E-state index in [9.17, 15) is 29.8 Å². The van der Waals surface area contributed by atoms with Crippen molar-refractivity contribution in [1.82, 2.24) is 10.9 Å². The fourth-order valence-corrected chi connectivity index (χ4v) is 2.58. The summed E-state index contributed by atoms with van der Waals surface area (Å²) in [5.74, 6) is -1.21. The quantitative estimate of drug-likeness (QED) is 0.467. The molecular formula is C19H14N4O7. The molecule has 0 unspecified atom stereocenters. The summed E-state index contributed by atoms with van der Waals surface area (Å²) in [6, 6.07) is 15.3. The zero-order valence-electron chi connectivity index (χ0n) is 15.2. The van der Waals surface area contributed by atoms with Gasteiger partial charge in [-0.2, -0.15) is 0 Å². The summed E-state index contributed by atoms with van der Waals surface area (Å²) in [5, 5.41) is 23.7. The van der Waals surface area contributed by atoms with E-state index < -0.39 is 39.6 Å². The number of carbonyl (C=O) groups excluding carboxylic acids is 2. The van der Waals surface area contributed by atoms with Crippen LogP contribution < -0.4 is 15.6 Å². The molecule has 0 bridgehead atoms. The van der Waals surface area contributed by atoms with Gasteiger partial charge < -0.3 is 4.74 Å². The van der Waals surface area contributed by atoms with Gasteiger partial charge in [-0.25, -0.2) is 0 Å². The lowest BCUT2D eigenvalue weighted by Gasteiger charge is -2.09. The fourth-order valence-electron chi connectivity index (χ4n) is 2.58. The van der Waals surface area contributed by atoms with Gasteiger partial charge in [0.05, 0.1) is 21.5 Å². The molecule has 30 heavy (non-hydrogen) atoms. The topological polar surface area (TPSA) is 154 Å². The molecule has 3 aromatic rings. The normalized spacial score (nSPS) is 10.3. The molecule has 0 saturated heterocycles. The first kappa shape index (κ1) is 20.2. The van der Waals surface area contributed by atoms with Crippen molar-refractivity contribution < 1.29 is 24.2 Å². The average Bonchev–Trinajstić information content (AvgIpc) is 2.75. The summed E-state index contributed by atoms with van der Waals surface area (Å²) in [6.45, 7) is -0.409. The summed E-state index contributed by atoms with van der Waals surface area (Å²) in [7, 11) is 0. The molecule has 11 nitrogen and oxygen atoms in total. The Hall–Kier alpha value is -4.54. The maximum atomic E-state index is 12.1. The number of hydrogen-bond donors (Lipinski definition) is 2. The van der Waals surface area contributed by atoms with Crippen LogP contribution in [0.25, 0.3) is 10.8 Å². The van der Waals surface area contributed by atoms with Crippen molar-refractivity contribution in [2.24, 2.45) is 0 Å². The van der Waals surface area contributed by atoms with E-state index >= 15 is 0 Å². The number of nitro benzene ring substituents is 2. The van der Waals surface area contributed by atoms with Crippen LogP contribution in [0.2, 0.25) is 0 Å². The minimum atomic E-state index is -0.958. The molecule has 0 aliphatic rings. The van der Waals surface area contributed by atoms with Gasteiger partial charge in [-0.05, 0) is 22.9 Å². The van der Waals surface area contributed by atoms with E-state index in [0.717, 1.165) is 29.0 Å². The molecule has 0 atom stereocenters. The Bertz CT molecular complexity index is 1130. The van der Waals surface area contributed by atoms with E-state index in [-0.39, 0.29) is 5.56 Å². The van der Waals surface area contributed by atoms with Gasteiger partial charge in [0.25, 0.3) is 23.2 Å². The molecular weight excluding hydrogens is 396 g/mol. The first-order valence-electron chi connectivity index (χ1n) is 8.48. The number of ether oxygens (including phenoxy) is 1. The van der Waals surface area contributed by atoms with Crippen LogP contribution in [-0.2, 0) is 4.79 Å². The van der Waals surface area contributed by atoms with E-state index in [2.05, 4.69) is 5.43 Å². The summed E-state index contributed by atoms with van der Waals surface area (Å²) < 4.78 is 5.37. The lowest BCUT2D eigenvalue weighted by molar-refractivity contribution is -0.394. The molecule has 3 rings (SSSR count). The monoisotopic (exact) mass is 410 g/mol. The van der Waals surface area contributed by atoms with Crippen LogP contribution in [0, 0.1) is 20.2 Å². The standard InChI is InChI=1S/C19H14N4O7/c24-18(11-30-17-6-5-12-3-1-2-4-13(12)9-17)20-21-19(25)14-7-15(22(26)27)10-16(8-14)23(28)29/h1-10H,11H2,(H,20,24)(H,21,25). The van der Waals surface area contributed by atoms with E-state index in [1.54, 1.807) is 12.1 Å². The van der Waals surface area contributed by atoms with Crippen molar-refractivity contribution in [3.63, 3.8) is 0 Å². The average molecular weight is 410 g/mol. The van der Waals surface area contributed by atoms with Gasteiger partial charge in [0, 0.05) is 12.1 Å². The number of non-ortho nitro benzene ring substituents is 2. The number of rotatable bonds is 6. The number of benzene rings is 3. The van der Waals surface area contributed by atoms with Crippen LogP contribution in [-0.4, -0.2) is 28.3 Å². The number of hydrogen-bond acceptors (Lipinski definition) is 7. The van der Waals surface area contributed by atoms with E-state index in [0.29, 0.717) is 5.75 Å². The molecule has 0 aromatic heterocycles. The van der Waals surface area contributed by atoms with Crippen molar-refractivity contribution >= 4 is 34.0 Å². The summed E-state index contributed by atoms with van der Waals surface area (Å²) in [5.41, 5.74) is 2.51. The Morgan fingerprint density at radius 3 is 2.10 bits per heavy atom. The second-order valence-electron chi connectivity index (χ2n) is 6.05. The predicted octanol–water partition coefficient (Wildman–Crippen LogP) is 2.50. The number of amides is 2. The molecule has 0 aliphatic carbocycles.